The maximum Gasteiger partial charge on any atom is 0.144 e. The molecule has 70 heavy (non-hydrogen) atoms. The number of hydrogen-bond acceptors (Lipinski definition) is 5. The molecule has 12 aromatic rings. The van der Waals surface area contributed by atoms with Gasteiger partial charge in [-0.25, -0.2) is 9.97 Å². The molecular weight excluding hydrogens is 855 g/mol. The van der Waals surface area contributed by atoms with E-state index in [0.717, 1.165) is 101 Å². The summed E-state index contributed by atoms with van der Waals surface area (Å²) >= 11 is 0. The minimum absolute atomic E-state index is 0.780. The third-order valence-corrected chi connectivity index (χ3v) is 12.7. The highest BCUT2D eigenvalue weighted by atomic mass is 15.1. The van der Waals surface area contributed by atoms with Crippen LogP contribution in [0.15, 0.2) is 262 Å². The van der Waals surface area contributed by atoms with Crippen molar-refractivity contribution in [2.75, 3.05) is 0 Å². The normalized spacial score (nSPS) is 11.1. The maximum absolute atomic E-state index is 5.08. The molecule has 5 heterocycles. The van der Waals surface area contributed by atoms with Gasteiger partial charge in [0.15, 0.2) is 0 Å². The maximum atomic E-state index is 5.08. The molecular formula is C63H43N7. The van der Waals surface area contributed by atoms with Crippen molar-refractivity contribution in [1.82, 2.24) is 34.1 Å². The molecule has 0 spiro atoms. The lowest BCUT2D eigenvalue weighted by Gasteiger charge is -2.16. The van der Waals surface area contributed by atoms with E-state index in [1.807, 2.05) is 85.8 Å². The van der Waals surface area contributed by atoms with Crippen molar-refractivity contribution in [2.24, 2.45) is 0 Å². The molecule has 7 nitrogen and oxygen atoms in total. The third kappa shape index (κ3) is 8.40. The van der Waals surface area contributed by atoms with Gasteiger partial charge < -0.3 is 0 Å². The summed E-state index contributed by atoms with van der Waals surface area (Å²) in [5.74, 6) is 1.56. The van der Waals surface area contributed by atoms with Gasteiger partial charge in [0.25, 0.3) is 0 Å². The Kier molecular flexibility index (Phi) is 11.1. The zero-order valence-electron chi connectivity index (χ0n) is 38.0. The molecule has 0 unspecified atom stereocenters. The summed E-state index contributed by atoms with van der Waals surface area (Å²) in [6.45, 7) is 0. The van der Waals surface area contributed by atoms with Crippen molar-refractivity contribution in [3.05, 3.63) is 262 Å². The van der Waals surface area contributed by atoms with Crippen molar-refractivity contribution in [3.63, 3.8) is 0 Å². The molecule has 0 bridgehead atoms. The van der Waals surface area contributed by atoms with E-state index < -0.39 is 0 Å². The van der Waals surface area contributed by atoms with Crippen LogP contribution in [-0.2, 0) is 0 Å². The molecule has 0 radical (unpaired) electrons. The number of hydrogen-bond donors (Lipinski definition) is 0. The zero-order chi connectivity index (χ0) is 46.6. The van der Waals surface area contributed by atoms with Gasteiger partial charge in [-0.1, -0.05) is 158 Å². The fraction of sp³-hybridized carbons (Fsp3) is 0. The van der Waals surface area contributed by atoms with Crippen LogP contribution in [0.3, 0.4) is 0 Å². The number of rotatable bonds is 11. The minimum Gasteiger partial charge on any atom is -0.298 e. The van der Waals surface area contributed by atoms with Gasteiger partial charge in [-0.15, -0.1) is 0 Å². The fourth-order valence-electron chi connectivity index (χ4n) is 9.19. The summed E-state index contributed by atoms with van der Waals surface area (Å²) in [5.41, 5.74) is 18.4. The van der Waals surface area contributed by atoms with Gasteiger partial charge in [-0.3, -0.25) is 24.1 Å². The highest BCUT2D eigenvalue weighted by Crippen LogP contribution is 2.39. The summed E-state index contributed by atoms with van der Waals surface area (Å²) in [4.78, 5) is 24.7. The average Bonchev–Trinajstić information content (AvgIpc) is 4.16. The molecule has 0 amide bonds. The second-order valence-corrected chi connectivity index (χ2v) is 17.1. The Bertz CT molecular complexity index is 3590. The minimum atomic E-state index is 0.780. The highest BCUT2D eigenvalue weighted by molar-refractivity contribution is 5.88. The first-order valence-corrected chi connectivity index (χ1v) is 23.3. The molecule has 0 aliphatic heterocycles. The van der Waals surface area contributed by atoms with Gasteiger partial charge >= 0.3 is 0 Å². The SMILES string of the molecule is c1ccc(-c2cccc(-c3cccc(-c4ccc(-c5ccccc5-c5cc(-c6nccn6-c6ccc(-c7ccccc7)nc6)cc(-c6nccn6-c6ccc(-c7ccccc7)nc6)c5)cn4)c3)c2)cc1. The van der Waals surface area contributed by atoms with E-state index in [2.05, 4.69) is 185 Å². The summed E-state index contributed by atoms with van der Waals surface area (Å²) in [6.07, 6.45) is 13.4. The highest BCUT2D eigenvalue weighted by Gasteiger charge is 2.18. The standard InChI is InChI=1S/C63H43N7/c1-4-14-44(15-5-1)47-20-12-21-48(36-47)49-22-13-23-50(37-49)61-29-26-51(41-66-61)57-24-10-11-25-58(57)52-38-53(62-64-32-34-69(62)55-27-30-59(67-42-55)45-16-6-2-7-17-45)40-54(39-52)63-65-33-35-70(63)56-28-31-60(68-43-56)46-18-8-3-9-19-46/h1-43H. The molecule has 12 rings (SSSR count). The Balaban J connectivity index is 0.922. The predicted octanol–water partition coefficient (Wildman–Crippen LogP) is 15.2. The topological polar surface area (TPSA) is 74.3 Å². The molecule has 0 fully saturated rings. The summed E-state index contributed by atoms with van der Waals surface area (Å²) in [5, 5.41) is 0. The van der Waals surface area contributed by atoms with E-state index >= 15 is 0 Å². The quantitative estimate of drug-likeness (QED) is 0.129. The fourth-order valence-corrected chi connectivity index (χ4v) is 9.19. The van der Waals surface area contributed by atoms with Crippen LogP contribution < -0.4 is 0 Å². The molecule has 0 atom stereocenters. The van der Waals surface area contributed by atoms with Crippen molar-refractivity contribution in [1.29, 1.82) is 0 Å². The Morgan fingerprint density at radius 2 is 0.629 bits per heavy atom. The lowest BCUT2D eigenvalue weighted by Crippen LogP contribution is -2.00. The summed E-state index contributed by atoms with van der Waals surface area (Å²) in [7, 11) is 0. The van der Waals surface area contributed by atoms with Gasteiger partial charge in [-0.2, -0.15) is 0 Å². The molecule has 0 aliphatic rings. The van der Waals surface area contributed by atoms with Gasteiger partial charge in [0.1, 0.15) is 11.6 Å². The van der Waals surface area contributed by atoms with Crippen LogP contribution in [0.5, 0.6) is 0 Å². The monoisotopic (exact) mass is 897 g/mol. The summed E-state index contributed by atoms with van der Waals surface area (Å²) < 4.78 is 4.18. The first-order valence-electron chi connectivity index (χ1n) is 23.3. The van der Waals surface area contributed by atoms with Gasteiger partial charge in [0.2, 0.25) is 0 Å². The van der Waals surface area contributed by atoms with Crippen molar-refractivity contribution in [3.8, 4) is 112 Å². The molecule has 0 N–H and O–H groups in total. The smallest absolute Gasteiger partial charge is 0.144 e. The molecule has 5 aromatic heterocycles. The average molecular weight is 898 g/mol. The largest absolute Gasteiger partial charge is 0.298 e. The molecule has 7 aromatic carbocycles. The van der Waals surface area contributed by atoms with E-state index in [1.165, 1.54) is 11.1 Å². The van der Waals surface area contributed by atoms with Crippen LogP contribution in [0.4, 0.5) is 0 Å². The van der Waals surface area contributed by atoms with E-state index in [0.29, 0.717) is 0 Å². The number of pyridine rings is 3. The third-order valence-electron chi connectivity index (χ3n) is 12.7. The van der Waals surface area contributed by atoms with E-state index in [-0.39, 0.29) is 0 Å². The lowest BCUT2D eigenvalue weighted by atomic mass is 9.92. The van der Waals surface area contributed by atoms with Gasteiger partial charge in [0.05, 0.1) is 40.9 Å². The van der Waals surface area contributed by atoms with E-state index in [9.17, 15) is 0 Å². The van der Waals surface area contributed by atoms with Crippen molar-refractivity contribution >= 4 is 0 Å². The van der Waals surface area contributed by atoms with E-state index in [1.54, 1.807) is 0 Å². The second-order valence-electron chi connectivity index (χ2n) is 17.1. The van der Waals surface area contributed by atoms with Crippen molar-refractivity contribution in [2.45, 2.75) is 0 Å². The van der Waals surface area contributed by atoms with Crippen LogP contribution in [0, 0.1) is 0 Å². The molecule has 0 aliphatic carbocycles. The number of benzene rings is 7. The number of aromatic nitrogens is 7. The van der Waals surface area contributed by atoms with Crippen molar-refractivity contribution < 1.29 is 0 Å². The van der Waals surface area contributed by atoms with Crippen LogP contribution in [0.1, 0.15) is 0 Å². The number of imidazole rings is 2. The van der Waals surface area contributed by atoms with Gasteiger partial charge in [0, 0.05) is 64.4 Å². The Hall–Kier alpha value is -9.59. The summed E-state index contributed by atoms with van der Waals surface area (Å²) in [6, 6.07) is 76.0. The van der Waals surface area contributed by atoms with Gasteiger partial charge in [-0.05, 0) is 99.6 Å². The first kappa shape index (κ1) is 41.8. The molecule has 330 valence electrons. The van der Waals surface area contributed by atoms with Crippen LogP contribution in [-0.4, -0.2) is 34.1 Å². The Morgan fingerprint density at radius 1 is 0.243 bits per heavy atom. The molecule has 0 saturated heterocycles. The Morgan fingerprint density at radius 3 is 1.13 bits per heavy atom. The Labute approximate surface area is 406 Å². The molecule has 0 saturated carbocycles. The first-order chi connectivity index (χ1) is 34.7. The number of nitrogens with zero attached hydrogens (tertiary/aromatic N) is 7. The zero-order valence-corrected chi connectivity index (χ0v) is 38.0. The van der Waals surface area contributed by atoms with Crippen LogP contribution in [0.25, 0.3) is 112 Å². The van der Waals surface area contributed by atoms with Crippen LogP contribution in [0.2, 0.25) is 0 Å². The lowest BCUT2D eigenvalue weighted by molar-refractivity contribution is 1.04. The van der Waals surface area contributed by atoms with E-state index in [4.69, 9.17) is 24.9 Å². The van der Waals surface area contributed by atoms with Crippen LogP contribution >= 0.6 is 0 Å². The second kappa shape index (κ2) is 18.6. The predicted molar refractivity (Wildman–Crippen MR) is 283 cm³/mol. The molecule has 7 heteroatoms.